The van der Waals surface area contributed by atoms with Crippen molar-refractivity contribution in [3.63, 3.8) is 0 Å². The average molecular weight is 540 g/mol. The Morgan fingerprint density at radius 1 is 1.28 bits per heavy atom. The Morgan fingerprint density at radius 3 is 2.90 bits per heavy atom. The molecule has 39 heavy (non-hydrogen) atoms. The molecule has 3 aliphatic heterocycles. The van der Waals surface area contributed by atoms with Gasteiger partial charge in [0.15, 0.2) is 0 Å². The summed E-state index contributed by atoms with van der Waals surface area (Å²) in [5.41, 5.74) is 1.37. The number of benzene rings is 1. The first-order valence-corrected chi connectivity index (χ1v) is 14.3. The summed E-state index contributed by atoms with van der Waals surface area (Å²) in [7, 11) is 0. The molecule has 0 saturated carbocycles. The summed E-state index contributed by atoms with van der Waals surface area (Å²) in [6, 6.07) is 12.1. The summed E-state index contributed by atoms with van der Waals surface area (Å²) in [5, 5.41) is 3.37. The van der Waals surface area contributed by atoms with Gasteiger partial charge >= 0.3 is 5.97 Å². The van der Waals surface area contributed by atoms with Crippen LogP contribution >= 0.6 is 0 Å². The lowest BCUT2D eigenvalue weighted by atomic mass is 9.94. The van der Waals surface area contributed by atoms with Crippen molar-refractivity contribution in [2.75, 3.05) is 44.7 Å². The number of ether oxygens (including phenoxy) is 3. The number of anilines is 1. The van der Waals surface area contributed by atoms with Crippen molar-refractivity contribution in [2.45, 2.75) is 82.6 Å². The highest BCUT2D eigenvalue weighted by atomic mass is 19.1. The highest BCUT2D eigenvalue weighted by Gasteiger charge is 2.39. The lowest BCUT2D eigenvalue weighted by Crippen LogP contribution is -2.38. The number of carbonyl (C=O) groups is 1. The molecule has 0 spiro atoms. The molecule has 1 N–H and O–H groups in total. The van der Waals surface area contributed by atoms with Crippen molar-refractivity contribution < 1.29 is 23.4 Å². The number of nitrogens with one attached hydrogen (secondary N) is 1. The maximum Gasteiger partial charge on any atom is 0.306 e. The molecule has 0 amide bonds. The summed E-state index contributed by atoms with van der Waals surface area (Å²) in [5.74, 6) is 1.35. The minimum Gasteiger partial charge on any atom is -0.486 e. The molecular weight excluding hydrogens is 497 g/mol. The van der Waals surface area contributed by atoms with E-state index in [1.54, 1.807) is 0 Å². The predicted octanol–water partition coefficient (Wildman–Crippen LogP) is 5.08. The highest BCUT2D eigenvalue weighted by molar-refractivity contribution is 5.71. The van der Waals surface area contributed by atoms with Crippen LogP contribution in [0.5, 0.6) is 5.75 Å². The maximum absolute atomic E-state index is 16.0. The molecule has 0 bridgehead atoms. The molecule has 8 heteroatoms. The predicted molar refractivity (Wildman–Crippen MR) is 149 cm³/mol. The molecular formula is C31H42FN3O4. The van der Waals surface area contributed by atoms with Crippen LogP contribution in [0.15, 0.2) is 36.4 Å². The second kappa shape index (κ2) is 11.8. The van der Waals surface area contributed by atoms with Gasteiger partial charge in [0.2, 0.25) is 0 Å². The zero-order valence-electron chi connectivity index (χ0n) is 23.5. The SMILES string of the molecule is CC(C)(C)OC(=O)CC(CN1CC[C@@](F)(CCc2ccc3c(n2)NCCC3)C1)c1cccc(OC2COC2)c1. The second-order valence-electron chi connectivity index (χ2n) is 12.3. The van der Waals surface area contributed by atoms with Crippen LogP contribution < -0.4 is 10.1 Å². The number of aromatic nitrogens is 1. The van der Waals surface area contributed by atoms with Crippen LogP contribution in [0.1, 0.15) is 69.2 Å². The zero-order chi connectivity index (χ0) is 27.5. The molecule has 5 rings (SSSR count). The molecule has 2 aromatic rings. The first-order chi connectivity index (χ1) is 18.6. The van der Waals surface area contributed by atoms with E-state index < -0.39 is 11.3 Å². The van der Waals surface area contributed by atoms with Gasteiger partial charge in [0, 0.05) is 37.8 Å². The molecule has 2 saturated heterocycles. The lowest BCUT2D eigenvalue weighted by molar-refractivity contribution is -0.155. The Hall–Kier alpha value is -2.71. The van der Waals surface area contributed by atoms with Gasteiger partial charge in [-0.25, -0.2) is 9.37 Å². The summed E-state index contributed by atoms with van der Waals surface area (Å²) >= 11 is 0. The van der Waals surface area contributed by atoms with Gasteiger partial charge in [-0.1, -0.05) is 18.2 Å². The molecule has 3 aliphatic rings. The Bertz CT molecular complexity index is 1150. The van der Waals surface area contributed by atoms with Crippen LogP contribution in [0, 0.1) is 0 Å². The smallest absolute Gasteiger partial charge is 0.306 e. The third kappa shape index (κ3) is 7.70. The Kier molecular flexibility index (Phi) is 8.43. The van der Waals surface area contributed by atoms with Gasteiger partial charge in [-0.3, -0.25) is 9.69 Å². The summed E-state index contributed by atoms with van der Waals surface area (Å²) in [4.78, 5) is 19.8. The molecule has 4 heterocycles. The van der Waals surface area contributed by atoms with Crippen LogP contribution in [-0.4, -0.2) is 72.6 Å². The Balaban J connectivity index is 1.23. The number of aryl methyl sites for hydroxylation is 2. The molecule has 7 nitrogen and oxygen atoms in total. The van der Waals surface area contributed by atoms with Crippen molar-refractivity contribution in [1.82, 2.24) is 9.88 Å². The highest BCUT2D eigenvalue weighted by Crippen LogP contribution is 2.34. The van der Waals surface area contributed by atoms with E-state index in [2.05, 4.69) is 16.3 Å². The Morgan fingerprint density at radius 2 is 2.13 bits per heavy atom. The van der Waals surface area contributed by atoms with Crippen LogP contribution in [0.3, 0.4) is 0 Å². The molecule has 0 aliphatic carbocycles. The molecule has 1 aromatic heterocycles. The van der Waals surface area contributed by atoms with Gasteiger partial charge in [-0.15, -0.1) is 0 Å². The van der Waals surface area contributed by atoms with Crippen LogP contribution in [0.2, 0.25) is 0 Å². The van der Waals surface area contributed by atoms with Gasteiger partial charge in [-0.05, 0) is 82.2 Å². The molecule has 212 valence electrons. The van der Waals surface area contributed by atoms with Crippen molar-refractivity contribution in [3.05, 3.63) is 53.2 Å². The van der Waals surface area contributed by atoms with Crippen molar-refractivity contribution in [1.29, 1.82) is 0 Å². The van der Waals surface area contributed by atoms with E-state index in [4.69, 9.17) is 19.2 Å². The zero-order valence-corrected chi connectivity index (χ0v) is 23.5. The van der Waals surface area contributed by atoms with Gasteiger partial charge in [-0.2, -0.15) is 0 Å². The molecule has 2 fully saturated rings. The van der Waals surface area contributed by atoms with Gasteiger partial charge in [0.1, 0.15) is 28.9 Å². The number of alkyl halides is 1. The summed E-state index contributed by atoms with van der Waals surface area (Å²) in [6.07, 6.45) is 4.01. The number of likely N-dealkylation sites (tertiary alicyclic amines) is 1. The average Bonchev–Trinajstić information content (AvgIpc) is 3.24. The third-order valence-corrected chi connectivity index (χ3v) is 7.72. The van der Waals surface area contributed by atoms with E-state index >= 15 is 4.39 Å². The second-order valence-corrected chi connectivity index (χ2v) is 12.3. The number of esters is 1. The number of pyridine rings is 1. The van der Waals surface area contributed by atoms with E-state index in [1.165, 1.54) is 5.56 Å². The first-order valence-electron chi connectivity index (χ1n) is 14.3. The fourth-order valence-electron chi connectivity index (χ4n) is 5.64. The molecule has 2 atom stereocenters. The van der Waals surface area contributed by atoms with E-state index in [0.29, 0.717) is 52.1 Å². The fourth-order valence-corrected chi connectivity index (χ4v) is 5.64. The minimum absolute atomic E-state index is 0.0654. The largest absolute Gasteiger partial charge is 0.486 e. The number of rotatable bonds is 10. The van der Waals surface area contributed by atoms with Crippen LogP contribution in [0.25, 0.3) is 0 Å². The van der Waals surface area contributed by atoms with Crippen molar-refractivity contribution >= 4 is 11.8 Å². The normalized spacial score (nSPS) is 22.5. The quantitative estimate of drug-likeness (QED) is 0.422. The van der Waals surface area contributed by atoms with Crippen molar-refractivity contribution in [2.24, 2.45) is 0 Å². The van der Waals surface area contributed by atoms with Gasteiger partial charge in [0.25, 0.3) is 0 Å². The fraction of sp³-hybridized carbons (Fsp3) is 0.613. The van der Waals surface area contributed by atoms with Crippen LogP contribution in [0.4, 0.5) is 10.2 Å². The monoisotopic (exact) mass is 539 g/mol. The van der Waals surface area contributed by atoms with Crippen LogP contribution in [-0.2, 0) is 27.1 Å². The number of nitrogens with zero attached hydrogens (tertiary/aromatic N) is 2. The van der Waals surface area contributed by atoms with E-state index in [-0.39, 0.29) is 24.4 Å². The minimum atomic E-state index is -1.27. The molecule has 0 radical (unpaired) electrons. The third-order valence-electron chi connectivity index (χ3n) is 7.72. The molecule has 1 unspecified atom stereocenters. The number of carbonyl (C=O) groups excluding carboxylic acids is 1. The van der Waals surface area contributed by atoms with Gasteiger partial charge < -0.3 is 19.5 Å². The summed E-state index contributed by atoms with van der Waals surface area (Å²) in [6.45, 7) is 9.36. The standard InChI is InChI=1S/C31H42FN3O4/c1-30(2,3)39-28(36)17-24(23-6-4-8-26(16-23)38-27-19-37-20-27)18-35-15-13-31(32,21-35)12-11-25-10-9-22-7-5-14-33-29(22)34-25/h4,6,8-10,16,24,27H,5,7,11-15,17-21H2,1-3H3,(H,33,34)/t24?,31-/m0/s1. The number of hydrogen-bond donors (Lipinski definition) is 1. The summed E-state index contributed by atoms with van der Waals surface area (Å²) < 4.78 is 32.9. The number of fused-ring (bicyclic) bond motifs is 1. The van der Waals surface area contributed by atoms with Gasteiger partial charge in [0.05, 0.1) is 19.6 Å². The molecule has 1 aromatic carbocycles. The lowest BCUT2D eigenvalue weighted by Gasteiger charge is -2.28. The van der Waals surface area contributed by atoms with E-state index in [9.17, 15) is 4.79 Å². The number of halogens is 1. The van der Waals surface area contributed by atoms with E-state index in [0.717, 1.165) is 42.2 Å². The Labute approximate surface area is 231 Å². The number of hydrogen-bond acceptors (Lipinski definition) is 7. The van der Waals surface area contributed by atoms with E-state index in [1.807, 2.05) is 51.1 Å². The van der Waals surface area contributed by atoms with Crippen molar-refractivity contribution in [3.8, 4) is 5.75 Å². The topological polar surface area (TPSA) is 72.9 Å². The maximum atomic E-state index is 16.0. The first kappa shape index (κ1) is 27.8.